The summed E-state index contributed by atoms with van der Waals surface area (Å²) in [5.74, 6) is -0.257. The van der Waals surface area contributed by atoms with Gasteiger partial charge in [0.1, 0.15) is 5.75 Å². The number of hydrogen-bond donors (Lipinski definition) is 1. The summed E-state index contributed by atoms with van der Waals surface area (Å²) >= 11 is 0. The van der Waals surface area contributed by atoms with Gasteiger partial charge < -0.3 is 14.4 Å². The Bertz CT molecular complexity index is 1150. The van der Waals surface area contributed by atoms with Crippen molar-refractivity contribution < 1.29 is 14.6 Å². The maximum absolute atomic E-state index is 12.5. The zero-order valence-electron chi connectivity index (χ0n) is 14.9. The molecule has 3 aromatic carbocycles. The van der Waals surface area contributed by atoms with Crippen molar-refractivity contribution >= 4 is 27.6 Å². The molecular formula is C22H19NO3. The van der Waals surface area contributed by atoms with Gasteiger partial charge in [-0.2, -0.15) is 0 Å². The normalized spacial score (nSPS) is 11.2. The molecule has 0 aliphatic carbocycles. The summed E-state index contributed by atoms with van der Waals surface area (Å²) < 4.78 is 7.07. The van der Waals surface area contributed by atoms with Crippen LogP contribution in [-0.2, 0) is 4.74 Å². The molecule has 130 valence electrons. The molecule has 0 amide bonds. The van der Waals surface area contributed by atoms with Crippen molar-refractivity contribution in [2.75, 3.05) is 7.11 Å². The SMILES string of the molecule is COC(=O)c1c(C)n(-c2ccc(C)cc2)c2c1cc(O)c1ccccc12. The molecule has 0 saturated heterocycles. The van der Waals surface area contributed by atoms with Crippen molar-refractivity contribution in [3.05, 3.63) is 71.4 Å². The molecule has 0 fully saturated rings. The number of aryl methyl sites for hydroxylation is 1. The molecule has 0 atom stereocenters. The topological polar surface area (TPSA) is 51.5 Å². The van der Waals surface area contributed by atoms with E-state index in [1.807, 2.05) is 62.4 Å². The van der Waals surface area contributed by atoms with E-state index in [9.17, 15) is 9.90 Å². The number of aromatic hydroxyl groups is 1. The lowest BCUT2D eigenvalue weighted by Crippen LogP contribution is -2.04. The zero-order chi connectivity index (χ0) is 18.4. The number of aromatic nitrogens is 1. The van der Waals surface area contributed by atoms with Gasteiger partial charge >= 0.3 is 5.97 Å². The molecule has 4 aromatic rings. The number of ether oxygens (including phenoxy) is 1. The molecule has 4 heteroatoms. The van der Waals surface area contributed by atoms with E-state index in [-0.39, 0.29) is 5.75 Å². The van der Waals surface area contributed by atoms with Crippen LogP contribution in [0.3, 0.4) is 0 Å². The number of phenols is 1. The third-order valence-electron chi connectivity index (χ3n) is 4.87. The average molecular weight is 345 g/mol. The molecular weight excluding hydrogens is 326 g/mol. The zero-order valence-corrected chi connectivity index (χ0v) is 14.9. The van der Waals surface area contributed by atoms with Crippen LogP contribution in [0.25, 0.3) is 27.4 Å². The average Bonchev–Trinajstić information content (AvgIpc) is 2.94. The van der Waals surface area contributed by atoms with Crippen LogP contribution in [-0.4, -0.2) is 22.8 Å². The number of fused-ring (bicyclic) bond motifs is 3. The van der Waals surface area contributed by atoms with Crippen LogP contribution in [0.2, 0.25) is 0 Å². The quantitative estimate of drug-likeness (QED) is 0.526. The Morgan fingerprint density at radius 1 is 0.962 bits per heavy atom. The molecule has 0 saturated carbocycles. The molecule has 0 aliphatic rings. The van der Waals surface area contributed by atoms with Crippen LogP contribution < -0.4 is 0 Å². The molecule has 26 heavy (non-hydrogen) atoms. The third-order valence-corrected chi connectivity index (χ3v) is 4.87. The highest BCUT2D eigenvalue weighted by Gasteiger charge is 2.24. The number of phenolic OH excluding ortho intramolecular Hbond substituents is 1. The minimum absolute atomic E-state index is 0.152. The summed E-state index contributed by atoms with van der Waals surface area (Å²) in [4.78, 5) is 12.5. The van der Waals surface area contributed by atoms with Crippen molar-refractivity contribution in [3.63, 3.8) is 0 Å². The monoisotopic (exact) mass is 345 g/mol. The molecule has 0 radical (unpaired) electrons. The minimum atomic E-state index is -0.409. The van der Waals surface area contributed by atoms with Crippen LogP contribution in [0.15, 0.2) is 54.6 Å². The Hall–Kier alpha value is -3.27. The number of carbonyl (C=O) groups is 1. The second-order valence-corrected chi connectivity index (χ2v) is 6.46. The Morgan fingerprint density at radius 3 is 2.27 bits per heavy atom. The Labute approximate surface area is 151 Å². The van der Waals surface area contributed by atoms with E-state index in [1.165, 1.54) is 12.7 Å². The standard InChI is InChI=1S/C22H19NO3/c1-13-8-10-15(11-9-13)23-14(2)20(22(25)26-3)18-12-19(24)16-6-4-5-7-17(16)21(18)23/h4-12,24H,1-3H3. The number of methoxy groups -OCH3 is 1. The second kappa shape index (κ2) is 5.92. The molecule has 0 bridgehead atoms. The van der Waals surface area contributed by atoms with Gasteiger partial charge in [0.25, 0.3) is 0 Å². The number of rotatable bonds is 2. The van der Waals surface area contributed by atoms with E-state index in [0.717, 1.165) is 27.7 Å². The number of hydrogen-bond acceptors (Lipinski definition) is 3. The maximum Gasteiger partial charge on any atom is 0.340 e. The highest BCUT2D eigenvalue weighted by Crippen LogP contribution is 2.39. The number of esters is 1. The fraction of sp³-hybridized carbons (Fsp3) is 0.136. The van der Waals surface area contributed by atoms with E-state index < -0.39 is 5.97 Å². The van der Waals surface area contributed by atoms with Gasteiger partial charge in [0.2, 0.25) is 0 Å². The largest absolute Gasteiger partial charge is 0.507 e. The Kier molecular flexibility index (Phi) is 3.69. The summed E-state index contributed by atoms with van der Waals surface area (Å²) in [6.45, 7) is 3.94. The first-order valence-electron chi connectivity index (χ1n) is 8.44. The third kappa shape index (κ3) is 2.26. The molecule has 1 heterocycles. The van der Waals surface area contributed by atoms with Crippen molar-refractivity contribution in [3.8, 4) is 11.4 Å². The first-order valence-corrected chi connectivity index (χ1v) is 8.44. The van der Waals surface area contributed by atoms with E-state index in [4.69, 9.17) is 4.74 Å². The molecule has 0 unspecified atom stereocenters. The fourth-order valence-electron chi connectivity index (χ4n) is 3.62. The van der Waals surface area contributed by atoms with Gasteiger partial charge in [0.15, 0.2) is 0 Å². The van der Waals surface area contributed by atoms with Gasteiger partial charge in [0, 0.05) is 27.5 Å². The number of benzene rings is 3. The van der Waals surface area contributed by atoms with Crippen LogP contribution in [0.5, 0.6) is 5.75 Å². The highest BCUT2D eigenvalue weighted by atomic mass is 16.5. The van der Waals surface area contributed by atoms with Crippen LogP contribution >= 0.6 is 0 Å². The molecule has 0 aliphatic heterocycles. The van der Waals surface area contributed by atoms with E-state index in [2.05, 4.69) is 4.57 Å². The summed E-state index contributed by atoms with van der Waals surface area (Å²) in [5, 5.41) is 12.8. The van der Waals surface area contributed by atoms with Crippen LogP contribution in [0, 0.1) is 13.8 Å². The van der Waals surface area contributed by atoms with Gasteiger partial charge in [-0.05, 0) is 32.0 Å². The summed E-state index contributed by atoms with van der Waals surface area (Å²) in [6, 6.07) is 17.5. The smallest absolute Gasteiger partial charge is 0.340 e. The molecule has 4 nitrogen and oxygen atoms in total. The lowest BCUT2D eigenvalue weighted by molar-refractivity contribution is 0.0602. The second-order valence-electron chi connectivity index (χ2n) is 6.46. The summed E-state index contributed by atoms with van der Waals surface area (Å²) in [7, 11) is 1.37. The maximum atomic E-state index is 12.5. The molecule has 1 aromatic heterocycles. The van der Waals surface area contributed by atoms with Gasteiger partial charge in [-0.1, -0.05) is 42.0 Å². The van der Waals surface area contributed by atoms with E-state index >= 15 is 0 Å². The number of carbonyl (C=O) groups excluding carboxylic acids is 1. The van der Waals surface area contributed by atoms with Crippen LogP contribution in [0.4, 0.5) is 0 Å². The summed E-state index contributed by atoms with van der Waals surface area (Å²) in [5.41, 5.74) is 4.28. The highest BCUT2D eigenvalue weighted by molar-refractivity contribution is 6.16. The number of nitrogens with zero attached hydrogens (tertiary/aromatic N) is 1. The van der Waals surface area contributed by atoms with Crippen molar-refractivity contribution in [2.24, 2.45) is 0 Å². The van der Waals surface area contributed by atoms with Gasteiger partial charge in [-0.15, -0.1) is 0 Å². The fourth-order valence-corrected chi connectivity index (χ4v) is 3.62. The van der Waals surface area contributed by atoms with Crippen molar-refractivity contribution in [2.45, 2.75) is 13.8 Å². The molecule has 1 N–H and O–H groups in total. The minimum Gasteiger partial charge on any atom is -0.507 e. The molecule has 4 rings (SSSR count). The van der Waals surface area contributed by atoms with Crippen molar-refractivity contribution in [1.29, 1.82) is 0 Å². The summed E-state index contributed by atoms with van der Waals surface area (Å²) in [6.07, 6.45) is 0. The van der Waals surface area contributed by atoms with Gasteiger partial charge in [-0.3, -0.25) is 0 Å². The Balaban J connectivity index is 2.23. The van der Waals surface area contributed by atoms with Crippen LogP contribution in [0.1, 0.15) is 21.6 Å². The molecule has 0 spiro atoms. The first kappa shape index (κ1) is 16.2. The van der Waals surface area contributed by atoms with E-state index in [0.29, 0.717) is 10.9 Å². The lowest BCUT2D eigenvalue weighted by atomic mass is 10.0. The van der Waals surface area contributed by atoms with Crippen molar-refractivity contribution in [1.82, 2.24) is 4.57 Å². The Morgan fingerprint density at radius 2 is 1.62 bits per heavy atom. The first-order chi connectivity index (χ1) is 12.5. The van der Waals surface area contributed by atoms with E-state index in [1.54, 1.807) is 6.07 Å². The van der Waals surface area contributed by atoms with Gasteiger partial charge in [0.05, 0.1) is 18.2 Å². The lowest BCUT2D eigenvalue weighted by Gasteiger charge is -2.11. The predicted molar refractivity (Wildman–Crippen MR) is 103 cm³/mol. The predicted octanol–water partition coefficient (Wildman–Crippen LogP) is 4.89. The van der Waals surface area contributed by atoms with Gasteiger partial charge in [-0.25, -0.2) is 4.79 Å².